The van der Waals surface area contributed by atoms with Gasteiger partial charge in [0.25, 0.3) is 5.91 Å². The standard InChI is InChI=1S/C21H22N6O3/c1-4-30-12-5-6-13(14(7-12)17-9-23-10-18(25-17)29-3)15-8-16-19(20(28)26-15)11(2)24-21(22)27-16/h5-7,9-10,15H,4,8H2,1-3H3,(H,26,28)(H2,22,24,27)/t15-/m1/s1. The quantitative estimate of drug-likeness (QED) is 0.661. The van der Waals surface area contributed by atoms with Crippen LogP contribution in [0.15, 0.2) is 30.6 Å². The third-order valence-corrected chi connectivity index (χ3v) is 4.92. The molecule has 30 heavy (non-hydrogen) atoms. The van der Waals surface area contributed by atoms with Gasteiger partial charge in [-0.2, -0.15) is 0 Å². The summed E-state index contributed by atoms with van der Waals surface area (Å²) in [7, 11) is 1.54. The van der Waals surface area contributed by atoms with Crippen LogP contribution in [-0.2, 0) is 6.42 Å². The van der Waals surface area contributed by atoms with Crippen molar-refractivity contribution in [2.75, 3.05) is 19.5 Å². The number of amides is 1. The molecule has 3 aromatic rings. The maximum atomic E-state index is 12.8. The van der Waals surface area contributed by atoms with E-state index in [9.17, 15) is 4.79 Å². The van der Waals surface area contributed by atoms with Crippen molar-refractivity contribution in [3.05, 3.63) is 53.1 Å². The lowest BCUT2D eigenvalue weighted by molar-refractivity contribution is 0.0922. The Morgan fingerprint density at radius 1 is 1.23 bits per heavy atom. The number of carbonyl (C=O) groups is 1. The van der Waals surface area contributed by atoms with Crippen molar-refractivity contribution in [3.8, 4) is 22.9 Å². The minimum Gasteiger partial charge on any atom is -0.494 e. The van der Waals surface area contributed by atoms with Gasteiger partial charge in [0.1, 0.15) is 5.75 Å². The summed E-state index contributed by atoms with van der Waals surface area (Å²) in [5.74, 6) is 1.03. The summed E-state index contributed by atoms with van der Waals surface area (Å²) in [5.41, 5.74) is 9.77. The molecule has 0 unspecified atom stereocenters. The van der Waals surface area contributed by atoms with Crippen molar-refractivity contribution in [1.29, 1.82) is 0 Å². The fourth-order valence-corrected chi connectivity index (χ4v) is 3.66. The first-order valence-electron chi connectivity index (χ1n) is 9.57. The van der Waals surface area contributed by atoms with E-state index in [1.807, 2.05) is 25.1 Å². The van der Waals surface area contributed by atoms with Crippen LogP contribution in [0, 0.1) is 6.92 Å². The second-order valence-electron chi connectivity index (χ2n) is 6.85. The summed E-state index contributed by atoms with van der Waals surface area (Å²) in [6, 6.07) is 5.37. The molecule has 0 saturated heterocycles. The second-order valence-corrected chi connectivity index (χ2v) is 6.85. The summed E-state index contributed by atoms with van der Waals surface area (Å²) in [4.78, 5) is 30.0. The number of aryl methyl sites for hydroxylation is 1. The van der Waals surface area contributed by atoms with E-state index in [0.29, 0.717) is 47.3 Å². The summed E-state index contributed by atoms with van der Waals surface area (Å²) in [6.07, 6.45) is 3.67. The van der Waals surface area contributed by atoms with Gasteiger partial charge in [0.2, 0.25) is 11.8 Å². The van der Waals surface area contributed by atoms with Crippen molar-refractivity contribution in [1.82, 2.24) is 25.3 Å². The van der Waals surface area contributed by atoms with Crippen LogP contribution in [0.5, 0.6) is 11.6 Å². The highest BCUT2D eigenvalue weighted by atomic mass is 16.5. The molecular weight excluding hydrogens is 384 g/mol. The van der Waals surface area contributed by atoms with E-state index in [0.717, 1.165) is 11.1 Å². The maximum Gasteiger partial charge on any atom is 0.255 e. The Kier molecular flexibility index (Phi) is 5.18. The monoisotopic (exact) mass is 406 g/mol. The summed E-state index contributed by atoms with van der Waals surface area (Å²) in [5, 5.41) is 3.06. The largest absolute Gasteiger partial charge is 0.494 e. The first kappa shape index (κ1) is 19.6. The fourth-order valence-electron chi connectivity index (χ4n) is 3.66. The van der Waals surface area contributed by atoms with Gasteiger partial charge in [0, 0.05) is 12.0 Å². The Morgan fingerprint density at radius 3 is 2.83 bits per heavy atom. The normalized spacial score (nSPS) is 15.3. The van der Waals surface area contributed by atoms with Crippen LogP contribution in [0.1, 0.15) is 40.3 Å². The third kappa shape index (κ3) is 3.61. The van der Waals surface area contributed by atoms with Crippen LogP contribution in [0.25, 0.3) is 11.3 Å². The highest BCUT2D eigenvalue weighted by molar-refractivity contribution is 5.98. The number of nitrogens with one attached hydrogen (secondary N) is 1. The van der Waals surface area contributed by atoms with Crippen LogP contribution in [0.4, 0.5) is 5.95 Å². The number of hydrogen-bond donors (Lipinski definition) is 2. The predicted molar refractivity (Wildman–Crippen MR) is 110 cm³/mol. The fraction of sp³-hybridized carbons (Fsp3) is 0.286. The Hall–Kier alpha value is -3.75. The molecule has 4 rings (SSSR count). The number of ether oxygens (including phenoxy) is 2. The molecule has 3 N–H and O–H groups in total. The van der Waals surface area contributed by atoms with Crippen LogP contribution in [0.3, 0.4) is 0 Å². The number of benzene rings is 1. The van der Waals surface area contributed by atoms with Gasteiger partial charge in [-0.1, -0.05) is 6.07 Å². The van der Waals surface area contributed by atoms with Gasteiger partial charge in [-0.05, 0) is 31.5 Å². The Labute approximate surface area is 173 Å². The number of hydrogen-bond acceptors (Lipinski definition) is 8. The number of nitrogens with two attached hydrogens (primary N) is 1. The van der Waals surface area contributed by atoms with Crippen molar-refractivity contribution >= 4 is 11.9 Å². The molecule has 0 radical (unpaired) electrons. The first-order chi connectivity index (χ1) is 14.5. The number of carbonyl (C=O) groups excluding carboxylic acids is 1. The SMILES string of the molecule is CCOc1ccc([C@H]2Cc3nc(N)nc(C)c3C(=O)N2)c(-c2cncc(OC)n2)c1. The van der Waals surface area contributed by atoms with Crippen molar-refractivity contribution in [2.45, 2.75) is 26.3 Å². The van der Waals surface area contributed by atoms with E-state index >= 15 is 0 Å². The van der Waals surface area contributed by atoms with E-state index in [2.05, 4.69) is 25.3 Å². The minimum atomic E-state index is -0.322. The number of nitrogen functional groups attached to an aromatic ring is 1. The van der Waals surface area contributed by atoms with E-state index in [-0.39, 0.29) is 17.9 Å². The number of nitrogens with zero attached hydrogens (tertiary/aromatic N) is 4. The zero-order valence-corrected chi connectivity index (χ0v) is 17.0. The van der Waals surface area contributed by atoms with Crippen LogP contribution in [0.2, 0.25) is 0 Å². The maximum absolute atomic E-state index is 12.8. The lowest BCUT2D eigenvalue weighted by Gasteiger charge is -2.28. The number of methoxy groups -OCH3 is 1. The lowest BCUT2D eigenvalue weighted by atomic mass is 9.90. The van der Waals surface area contributed by atoms with Crippen LogP contribution >= 0.6 is 0 Å². The van der Waals surface area contributed by atoms with E-state index in [1.165, 1.54) is 13.3 Å². The zero-order chi connectivity index (χ0) is 21.3. The highest BCUT2D eigenvalue weighted by Gasteiger charge is 2.30. The van der Waals surface area contributed by atoms with Gasteiger partial charge in [-0.25, -0.2) is 15.0 Å². The topological polar surface area (TPSA) is 125 Å². The number of fused-ring (bicyclic) bond motifs is 1. The van der Waals surface area contributed by atoms with Crippen LogP contribution < -0.4 is 20.5 Å². The second kappa shape index (κ2) is 7.94. The van der Waals surface area contributed by atoms with Crippen molar-refractivity contribution < 1.29 is 14.3 Å². The van der Waals surface area contributed by atoms with Gasteiger partial charge in [-0.3, -0.25) is 9.78 Å². The molecule has 154 valence electrons. The molecule has 1 aliphatic heterocycles. The number of aromatic nitrogens is 4. The molecule has 0 saturated carbocycles. The molecule has 1 aromatic carbocycles. The molecule has 9 heteroatoms. The summed E-state index contributed by atoms with van der Waals surface area (Å²) >= 11 is 0. The van der Waals surface area contributed by atoms with Crippen LogP contribution in [-0.4, -0.2) is 39.6 Å². The Balaban J connectivity index is 1.81. The zero-order valence-electron chi connectivity index (χ0n) is 17.0. The molecule has 0 fully saturated rings. The summed E-state index contributed by atoms with van der Waals surface area (Å²) < 4.78 is 10.9. The van der Waals surface area contributed by atoms with Gasteiger partial charge in [-0.15, -0.1) is 0 Å². The molecule has 3 heterocycles. The number of rotatable bonds is 5. The third-order valence-electron chi connectivity index (χ3n) is 4.92. The molecule has 1 aliphatic rings. The first-order valence-corrected chi connectivity index (χ1v) is 9.57. The van der Waals surface area contributed by atoms with E-state index in [4.69, 9.17) is 15.2 Å². The minimum absolute atomic E-state index is 0.158. The molecule has 0 bridgehead atoms. The van der Waals surface area contributed by atoms with Gasteiger partial charge in [0.15, 0.2) is 0 Å². The van der Waals surface area contributed by atoms with Crippen molar-refractivity contribution in [2.24, 2.45) is 0 Å². The predicted octanol–water partition coefficient (Wildman–Crippen LogP) is 2.26. The van der Waals surface area contributed by atoms with Crippen molar-refractivity contribution in [3.63, 3.8) is 0 Å². The lowest BCUT2D eigenvalue weighted by Crippen LogP contribution is -2.37. The number of anilines is 1. The smallest absolute Gasteiger partial charge is 0.255 e. The van der Waals surface area contributed by atoms with Gasteiger partial charge >= 0.3 is 0 Å². The molecule has 1 amide bonds. The average Bonchev–Trinajstić information content (AvgIpc) is 2.73. The van der Waals surface area contributed by atoms with Gasteiger partial charge in [0.05, 0.1) is 54.8 Å². The van der Waals surface area contributed by atoms with E-state index < -0.39 is 0 Å². The summed E-state index contributed by atoms with van der Waals surface area (Å²) in [6.45, 7) is 4.21. The Morgan fingerprint density at radius 2 is 2.07 bits per heavy atom. The molecule has 1 atom stereocenters. The van der Waals surface area contributed by atoms with Gasteiger partial charge < -0.3 is 20.5 Å². The molecule has 0 aliphatic carbocycles. The molecular formula is C21H22N6O3. The average molecular weight is 406 g/mol. The molecule has 9 nitrogen and oxygen atoms in total. The Bertz CT molecular complexity index is 1120. The molecule has 2 aromatic heterocycles. The van der Waals surface area contributed by atoms with E-state index in [1.54, 1.807) is 13.1 Å². The molecule has 0 spiro atoms. The highest BCUT2D eigenvalue weighted by Crippen LogP contribution is 2.35.